The van der Waals surface area contributed by atoms with Crippen LogP contribution >= 0.6 is 0 Å². The standard InChI is InChI=1S/C26H20FN3O7/c1-13-7-9-15(12-17(13)27)28-22(14-8-10-19(36-2)20(11-14)37-3)23(26(28)33)29-24(31)16-5-4-6-18(30(34)35)21(16)25(29)32/h4-12,22-23H,1-3H3. The van der Waals surface area contributed by atoms with Crippen molar-refractivity contribution in [3.05, 3.63) is 92.8 Å². The molecule has 188 valence electrons. The highest BCUT2D eigenvalue weighted by Gasteiger charge is 2.58. The van der Waals surface area contributed by atoms with E-state index in [0.717, 1.165) is 11.0 Å². The number of hydrogen-bond donors (Lipinski definition) is 0. The van der Waals surface area contributed by atoms with Crippen LogP contribution in [0, 0.1) is 22.9 Å². The van der Waals surface area contributed by atoms with Crippen LogP contribution in [0.15, 0.2) is 54.6 Å². The number of halogens is 1. The van der Waals surface area contributed by atoms with Crippen molar-refractivity contribution in [3.63, 3.8) is 0 Å². The number of hydrogen-bond acceptors (Lipinski definition) is 7. The normalized spacial score (nSPS) is 18.5. The van der Waals surface area contributed by atoms with Gasteiger partial charge in [0.15, 0.2) is 11.5 Å². The zero-order chi connectivity index (χ0) is 26.6. The van der Waals surface area contributed by atoms with Crippen LogP contribution in [0.4, 0.5) is 15.8 Å². The second-order valence-corrected chi connectivity index (χ2v) is 8.58. The Hall–Kier alpha value is -4.80. The molecular formula is C26H20FN3O7. The van der Waals surface area contributed by atoms with Crippen LogP contribution < -0.4 is 14.4 Å². The van der Waals surface area contributed by atoms with Crippen LogP contribution in [0.5, 0.6) is 11.5 Å². The van der Waals surface area contributed by atoms with Gasteiger partial charge in [0, 0.05) is 11.8 Å². The molecule has 2 aliphatic rings. The Kier molecular flexibility index (Phi) is 5.62. The Bertz CT molecular complexity index is 1510. The average molecular weight is 505 g/mol. The molecule has 1 saturated heterocycles. The van der Waals surface area contributed by atoms with E-state index in [0.29, 0.717) is 22.6 Å². The highest BCUT2D eigenvalue weighted by molar-refractivity contribution is 6.26. The Labute approximate surface area is 210 Å². The molecule has 0 spiro atoms. The highest BCUT2D eigenvalue weighted by atomic mass is 19.1. The van der Waals surface area contributed by atoms with Crippen LogP contribution in [-0.2, 0) is 4.79 Å². The molecule has 37 heavy (non-hydrogen) atoms. The number of benzene rings is 3. The number of nitro groups is 1. The summed E-state index contributed by atoms with van der Waals surface area (Å²) in [5.74, 6) is -2.17. The van der Waals surface area contributed by atoms with Crippen molar-refractivity contribution in [2.75, 3.05) is 19.1 Å². The number of anilines is 1. The minimum atomic E-state index is -1.32. The number of nitro benzene ring substituents is 1. The Morgan fingerprint density at radius 1 is 0.892 bits per heavy atom. The second-order valence-electron chi connectivity index (χ2n) is 8.58. The minimum Gasteiger partial charge on any atom is -0.493 e. The first-order valence-corrected chi connectivity index (χ1v) is 11.2. The first kappa shape index (κ1) is 23.9. The molecule has 10 nitrogen and oxygen atoms in total. The molecule has 2 atom stereocenters. The summed E-state index contributed by atoms with van der Waals surface area (Å²) in [6.07, 6.45) is 0. The van der Waals surface area contributed by atoms with Crippen molar-refractivity contribution in [1.29, 1.82) is 0 Å². The average Bonchev–Trinajstić information content (AvgIpc) is 3.14. The number of ether oxygens (including phenoxy) is 2. The van der Waals surface area contributed by atoms with Crippen LogP contribution in [0.2, 0.25) is 0 Å². The van der Waals surface area contributed by atoms with Gasteiger partial charge in [0.05, 0.1) is 30.7 Å². The number of aryl methyl sites for hydroxylation is 1. The molecule has 3 aromatic carbocycles. The molecule has 1 fully saturated rings. The molecule has 2 unspecified atom stereocenters. The molecule has 0 saturated carbocycles. The number of fused-ring (bicyclic) bond motifs is 1. The lowest BCUT2D eigenvalue weighted by Crippen LogP contribution is -2.67. The molecule has 0 radical (unpaired) electrons. The van der Waals surface area contributed by atoms with E-state index < -0.39 is 46.2 Å². The summed E-state index contributed by atoms with van der Waals surface area (Å²) in [6.45, 7) is 1.58. The summed E-state index contributed by atoms with van der Waals surface area (Å²) in [5, 5.41) is 11.5. The zero-order valence-electron chi connectivity index (χ0n) is 19.9. The van der Waals surface area contributed by atoms with Gasteiger partial charge in [0.2, 0.25) is 0 Å². The van der Waals surface area contributed by atoms with Gasteiger partial charge in [-0.2, -0.15) is 0 Å². The first-order chi connectivity index (χ1) is 17.7. The summed E-state index contributed by atoms with van der Waals surface area (Å²) < 4.78 is 25.1. The third kappa shape index (κ3) is 3.50. The number of carbonyl (C=O) groups excluding carboxylic acids is 3. The van der Waals surface area contributed by atoms with Crippen LogP contribution in [0.25, 0.3) is 0 Å². The van der Waals surface area contributed by atoms with Crippen LogP contribution in [0.3, 0.4) is 0 Å². The van der Waals surface area contributed by atoms with Gasteiger partial charge in [-0.15, -0.1) is 0 Å². The van der Waals surface area contributed by atoms with E-state index in [9.17, 15) is 28.9 Å². The van der Waals surface area contributed by atoms with Crippen molar-refractivity contribution < 1.29 is 33.2 Å². The number of methoxy groups -OCH3 is 2. The number of rotatable bonds is 6. The fourth-order valence-electron chi connectivity index (χ4n) is 4.80. The third-order valence-electron chi connectivity index (χ3n) is 6.65. The van der Waals surface area contributed by atoms with E-state index in [4.69, 9.17) is 9.47 Å². The molecule has 0 aromatic heterocycles. The largest absolute Gasteiger partial charge is 0.493 e. The Morgan fingerprint density at radius 2 is 1.62 bits per heavy atom. The first-order valence-electron chi connectivity index (χ1n) is 11.2. The molecule has 0 aliphatic carbocycles. The minimum absolute atomic E-state index is 0.155. The monoisotopic (exact) mass is 505 g/mol. The number of amides is 3. The van der Waals surface area contributed by atoms with Gasteiger partial charge in [-0.3, -0.25) is 29.4 Å². The summed E-state index contributed by atoms with van der Waals surface area (Å²) in [6, 6.07) is 10.6. The fraction of sp³-hybridized carbons (Fsp3) is 0.192. The fourth-order valence-corrected chi connectivity index (χ4v) is 4.80. The van der Waals surface area contributed by atoms with E-state index in [1.54, 1.807) is 31.2 Å². The molecule has 0 N–H and O–H groups in total. The maximum absolute atomic E-state index is 14.4. The summed E-state index contributed by atoms with van der Waals surface area (Å²) in [4.78, 5) is 53.1. The number of β-lactam (4-membered cyclic amide) rings is 1. The summed E-state index contributed by atoms with van der Waals surface area (Å²) in [7, 11) is 2.89. The van der Waals surface area contributed by atoms with Crippen molar-refractivity contribution in [3.8, 4) is 11.5 Å². The highest BCUT2D eigenvalue weighted by Crippen LogP contribution is 2.46. The lowest BCUT2D eigenvalue weighted by Gasteiger charge is -2.49. The summed E-state index contributed by atoms with van der Waals surface area (Å²) >= 11 is 0. The lowest BCUT2D eigenvalue weighted by atomic mass is 9.86. The number of carbonyl (C=O) groups is 3. The van der Waals surface area contributed by atoms with E-state index in [1.807, 2.05) is 0 Å². The smallest absolute Gasteiger partial charge is 0.282 e. The zero-order valence-corrected chi connectivity index (χ0v) is 19.9. The van der Waals surface area contributed by atoms with Crippen molar-refractivity contribution in [1.82, 2.24) is 4.90 Å². The molecule has 11 heteroatoms. The number of nitrogens with zero attached hydrogens (tertiary/aromatic N) is 3. The second kappa shape index (κ2) is 8.70. The lowest BCUT2D eigenvalue weighted by molar-refractivity contribution is -0.385. The van der Waals surface area contributed by atoms with Crippen molar-refractivity contribution >= 4 is 29.1 Å². The number of imide groups is 1. The van der Waals surface area contributed by atoms with Gasteiger partial charge in [-0.25, -0.2) is 4.39 Å². The van der Waals surface area contributed by atoms with Gasteiger partial charge in [-0.1, -0.05) is 18.2 Å². The molecule has 3 amide bonds. The molecule has 5 rings (SSSR count). The van der Waals surface area contributed by atoms with Crippen LogP contribution in [0.1, 0.15) is 37.9 Å². The van der Waals surface area contributed by atoms with Gasteiger partial charge >= 0.3 is 0 Å². The van der Waals surface area contributed by atoms with Gasteiger partial charge in [0.1, 0.15) is 17.4 Å². The van der Waals surface area contributed by atoms with Gasteiger partial charge in [0.25, 0.3) is 23.4 Å². The quantitative estimate of drug-likeness (QED) is 0.216. The summed E-state index contributed by atoms with van der Waals surface area (Å²) in [5.41, 5.74) is 0.0453. The Balaban J connectivity index is 1.64. The molecular weight excluding hydrogens is 485 g/mol. The van der Waals surface area contributed by atoms with Crippen molar-refractivity contribution in [2.24, 2.45) is 0 Å². The van der Waals surface area contributed by atoms with E-state index in [2.05, 4.69) is 0 Å². The predicted octanol–water partition coefficient (Wildman–Crippen LogP) is 3.81. The van der Waals surface area contributed by atoms with Crippen LogP contribution in [-0.4, -0.2) is 47.8 Å². The predicted molar refractivity (Wildman–Crippen MR) is 128 cm³/mol. The molecule has 2 aliphatic heterocycles. The van der Waals surface area contributed by atoms with E-state index >= 15 is 0 Å². The third-order valence-corrected chi connectivity index (χ3v) is 6.65. The molecule has 3 aromatic rings. The molecule has 2 heterocycles. The van der Waals surface area contributed by atoms with Gasteiger partial charge < -0.3 is 14.4 Å². The topological polar surface area (TPSA) is 119 Å². The van der Waals surface area contributed by atoms with E-state index in [1.165, 1.54) is 43.4 Å². The SMILES string of the molecule is COc1ccc(C2C(N3C(=O)c4cccc([N+](=O)[O-])c4C3=O)C(=O)N2c2ccc(C)c(F)c2)cc1OC. The van der Waals surface area contributed by atoms with Gasteiger partial charge in [-0.05, 0) is 48.4 Å². The van der Waals surface area contributed by atoms with Crippen molar-refractivity contribution in [2.45, 2.75) is 19.0 Å². The maximum atomic E-state index is 14.4. The van der Waals surface area contributed by atoms with E-state index in [-0.39, 0.29) is 16.8 Å². The molecule has 0 bridgehead atoms. The Morgan fingerprint density at radius 3 is 2.27 bits per heavy atom. The maximum Gasteiger partial charge on any atom is 0.282 e.